The number of likely N-dealkylation sites (tertiary alicyclic amines) is 1. The molecule has 278 valence electrons. The topological polar surface area (TPSA) is 188 Å². The highest BCUT2D eigenvalue weighted by Gasteiger charge is 2.57. The van der Waals surface area contributed by atoms with E-state index < -0.39 is 63.2 Å². The molecule has 6 atom stereocenters. The number of rotatable bonds is 13. The Balaban J connectivity index is 1.61. The highest BCUT2D eigenvalue weighted by Crippen LogP contribution is 2.53. The van der Waals surface area contributed by atoms with Crippen LogP contribution in [-0.2, 0) is 29.2 Å². The number of nitrogens with two attached hydrogens (primary N) is 1. The van der Waals surface area contributed by atoms with Crippen molar-refractivity contribution in [3.63, 3.8) is 0 Å². The predicted octanol–water partition coefficient (Wildman–Crippen LogP) is 2.53. The highest BCUT2D eigenvalue weighted by atomic mass is 32.2. The van der Waals surface area contributed by atoms with Crippen molar-refractivity contribution in [3.8, 4) is 0 Å². The maximum atomic E-state index is 14.8. The predicted molar refractivity (Wildman–Crippen MR) is 186 cm³/mol. The van der Waals surface area contributed by atoms with Crippen molar-refractivity contribution in [2.24, 2.45) is 40.2 Å². The third kappa shape index (κ3) is 9.33. The number of hydrogen-bond donors (Lipinski definition) is 4. The number of Topliss-reactive ketones (excluding diaryl/α,β-unsaturated/α-hetero) is 1. The van der Waals surface area contributed by atoms with Gasteiger partial charge in [0.25, 0.3) is 5.91 Å². The van der Waals surface area contributed by atoms with Gasteiger partial charge in [-0.25, -0.2) is 17.5 Å². The lowest BCUT2D eigenvalue weighted by Crippen LogP contribution is -2.61. The number of sulfonamides is 1. The van der Waals surface area contributed by atoms with Crippen LogP contribution >= 0.6 is 0 Å². The quantitative estimate of drug-likeness (QED) is 0.212. The normalized spacial score (nSPS) is 26.3. The zero-order valence-electron chi connectivity index (χ0n) is 30.5. The summed E-state index contributed by atoms with van der Waals surface area (Å²) in [4.78, 5) is 69.2. The molecule has 13 nitrogen and oxygen atoms in total. The van der Waals surface area contributed by atoms with Crippen molar-refractivity contribution in [3.05, 3.63) is 0 Å². The van der Waals surface area contributed by atoms with Crippen molar-refractivity contribution in [2.75, 3.05) is 26.4 Å². The van der Waals surface area contributed by atoms with E-state index in [2.05, 4.69) is 29.8 Å². The van der Waals surface area contributed by atoms with Crippen molar-refractivity contribution < 1.29 is 32.4 Å². The molecule has 5 N–H and O–H groups in total. The van der Waals surface area contributed by atoms with Crippen molar-refractivity contribution in [1.29, 1.82) is 0 Å². The first-order valence-corrected chi connectivity index (χ1v) is 20.0. The molecule has 0 aromatic rings. The fourth-order valence-corrected chi connectivity index (χ4v) is 8.82. The van der Waals surface area contributed by atoms with Crippen LogP contribution in [0.2, 0.25) is 0 Å². The summed E-state index contributed by atoms with van der Waals surface area (Å²) < 4.78 is 25.6. The number of ketones is 1. The number of nitrogens with zero attached hydrogens (tertiary/aromatic N) is 2. The molecule has 49 heavy (non-hydrogen) atoms. The standard InChI is InChI=1S/C35H60N6O7S/c1-34(2,3)26(20-40(6)49(7,47)48)38-33(46)39-27(22-14-9-8-10-15-22)32(45)41-19-24-23(16-17-35(24,4)5)28(41)31(44)37-25(29(42)30(36)43)18-21-12-11-13-21/h21-28H,8-20H2,1-7H3,(H2,36,43)(H,37,44)(H2,38,39,46)/t23-,24-,25?,26+,27-,28-/m0/s1. The second-order valence-electron chi connectivity index (χ2n) is 17.0. The first kappa shape index (κ1) is 39.1. The number of urea groups is 1. The average Bonchev–Trinajstić information content (AvgIpc) is 3.52. The number of hydrogen-bond acceptors (Lipinski definition) is 7. The summed E-state index contributed by atoms with van der Waals surface area (Å²) in [6, 6.07) is -3.93. The van der Waals surface area contributed by atoms with Gasteiger partial charge in [0.05, 0.1) is 12.3 Å². The first-order valence-electron chi connectivity index (χ1n) is 18.1. The van der Waals surface area contributed by atoms with E-state index in [4.69, 9.17) is 5.73 Å². The van der Waals surface area contributed by atoms with Gasteiger partial charge in [0.2, 0.25) is 27.6 Å². The summed E-state index contributed by atoms with van der Waals surface area (Å²) in [5, 5.41) is 8.80. The van der Waals surface area contributed by atoms with Crippen LogP contribution in [-0.4, -0.2) is 97.7 Å². The number of carbonyl (C=O) groups is 5. The van der Waals surface area contributed by atoms with Crippen molar-refractivity contribution >= 4 is 39.6 Å². The summed E-state index contributed by atoms with van der Waals surface area (Å²) in [6.07, 6.45) is 10.3. The Morgan fingerprint density at radius 2 is 1.57 bits per heavy atom. The van der Waals surface area contributed by atoms with Crippen LogP contribution in [0.3, 0.4) is 0 Å². The summed E-state index contributed by atoms with van der Waals surface area (Å²) >= 11 is 0. The summed E-state index contributed by atoms with van der Waals surface area (Å²) in [5.74, 6) is -2.71. The molecule has 1 unspecified atom stereocenters. The summed E-state index contributed by atoms with van der Waals surface area (Å²) in [6.45, 7) is 10.4. The molecule has 1 saturated heterocycles. The second kappa shape index (κ2) is 15.2. The molecule has 0 aromatic carbocycles. The van der Waals surface area contributed by atoms with E-state index in [-0.39, 0.29) is 41.5 Å². The van der Waals surface area contributed by atoms with Gasteiger partial charge in [-0.2, -0.15) is 0 Å². The molecule has 0 bridgehead atoms. The fraction of sp³-hybridized carbons (Fsp3) is 0.857. The monoisotopic (exact) mass is 708 g/mol. The van der Waals surface area contributed by atoms with E-state index in [0.717, 1.165) is 70.5 Å². The fourth-order valence-electron chi connectivity index (χ4n) is 8.40. The molecule has 3 aliphatic carbocycles. The number of primary amides is 1. The summed E-state index contributed by atoms with van der Waals surface area (Å²) in [7, 11) is -2.03. The van der Waals surface area contributed by atoms with Gasteiger partial charge in [0.1, 0.15) is 12.1 Å². The Hall–Kier alpha value is -2.74. The van der Waals surface area contributed by atoms with Crippen LogP contribution in [0.1, 0.15) is 105 Å². The Morgan fingerprint density at radius 1 is 0.939 bits per heavy atom. The Morgan fingerprint density at radius 3 is 2.10 bits per heavy atom. The molecular weight excluding hydrogens is 648 g/mol. The number of carbonyl (C=O) groups excluding carboxylic acids is 5. The third-order valence-electron chi connectivity index (χ3n) is 12.0. The summed E-state index contributed by atoms with van der Waals surface area (Å²) in [5.41, 5.74) is 4.77. The van der Waals surface area contributed by atoms with Crippen molar-refractivity contribution in [1.82, 2.24) is 25.2 Å². The molecular formula is C35H60N6O7S. The maximum absolute atomic E-state index is 14.8. The molecule has 1 aliphatic heterocycles. The first-order chi connectivity index (χ1) is 22.7. The molecule has 14 heteroatoms. The minimum absolute atomic E-state index is 0.0433. The van der Waals surface area contributed by atoms with Gasteiger partial charge < -0.3 is 26.6 Å². The van der Waals surface area contributed by atoms with Gasteiger partial charge in [-0.3, -0.25) is 19.2 Å². The Kier molecular flexibility index (Phi) is 12.2. The SMILES string of the molecule is CN(C[C@@H](NC(=O)N[C@H](C(=O)N1C[C@H]2[C@H](CCC2(C)C)[C@H]1C(=O)NC(CC1CCC1)C(=O)C(N)=O)C1CCCCC1)C(C)(C)C)S(C)(=O)=O. The van der Waals surface area contributed by atoms with Gasteiger partial charge in [-0.15, -0.1) is 0 Å². The van der Waals surface area contributed by atoms with Gasteiger partial charge in [0.15, 0.2) is 0 Å². The number of amides is 5. The maximum Gasteiger partial charge on any atom is 0.315 e. The minimum Gasteiger partial charge on any atom is -0.363 e. The molecule has 4 fully saturated rings. The Labute approximate surface area is 292 Å². The lowest BCUT2D eigenvalue weighted by Gasteiger charge is -2.38. The zero-order valence-corrected chi connectivity index (χ0v) is 31.4. The molecule has 4 rings (SSSR count). The van der Waals surface area contributed by atoms with Crippen molar-refractivity contribution in [2.45, 2.75) is 129 Å². The molecule has 5 amide bonds. The van der Waals surface area contributed by atoms with Crippen LogP contribution in [0.15, 0.2) is 0 Å². The van der Waals surface area contributed by atoms with Crippen LogP contribution < -0.4 is 21.7 Å². The third-order valence-corrected chi connectivity index (χ3v) is 13.3. The number of fused-ring (bicyclic) bond motifs is 1. The van der Waals surface area contributed by atoms with E-state index in [9.17, 15) is 32.4 Å². The van der Waals surface area contributed by atoms with Crippen LogP contribution in [0.25, 0.3) is 0 Å². The zero-order chi connectivity index (χ0) is 36.5. The minimum atomic E-state index is -3.50. The molecule has 1 heterocycles. The van der Waals surface area contributed by atoms with E-state index in [1.54, 1.807) is 4.90 Å². The Bertz CT molecular complexity index is 1370. The smallest absolute Gasteiger partial charge is 0.315 e. The number of nitrogens with one attached hydrogen (secondary N) is 3. The van der Waals surface area contributed by atoms with Gasteiger partial charge in [0, 0.05) is 26.2 Å². The molecule has 0 radical (unpaired) electrons. The molecule has 3 saturated carbocycles. The lowest BCUT2D eigenvalue weighted by atomic mass is 9.79. The van der Waals surface area contributed by atoms with Gasteiger partial charge >= 0.3 is 6.03 Å². The van der Waals surface area contributed by atoms with E-state index in [0.29, 0.717) is 13.0 Å². The van der Waals surface area contributed by atoms with Crippen LogP contribution in [0.5, 0.6) is 0 Å². The van der Waals surface area contributed by atoms with Crippen LogP contribution in [0, 0.1) is 34.5 Å². The highest BCUT2D eigenvalue weighted by molar-refractivity contribution is 7.88. The number of likely N-dealkylation sites (N-methyl/N-ethyl adjacent to an activating group) is 1. The average molecular weight is 709 g/mol. The molecule has 4 aliphatic rings. The van der Waals surface area contributed by atoms with Crippen LogP contribution in [0.4, 0.5) is 4.79 Å². The van der Waals surface area contributed by atoms with E-state index in [1.807, 2.05) is 20.8 Å². The van der Waals surface area contributed by atoms with E-state index >= 15 is 0 Å². The van der Waals surface area contributed by atoms with Gasteiger partial charge in [-0.05, 0) is 66.6 Å². The van der Waals surface area contributed by atoms with Gasteiger partial charge in [-0.1, -0.05) is 73.1 Å². The van der Waals surface area contributed by atoms with E-state index in [1.165, 1.54) is 11.4 Å². The molecule has 0 spiro atoms. The lowest BCUT2D eigenvalue weighted by molar-refractivity contribution is -0.144. The largest absolute Gasteiger partial charge is 0.363 e. The second-order valence-corrected chi connectivity index (χ2v) is 19.1. The molecule has 0 aromatic heterocycles.